The Hall–Kier alpha value is -1.10. The van der Waals surface area contributed by atoms with E-state index in [4.69, 9.17) is 10.5 Å². The fourth-order valence-electron chi connectivity index (χ4n) is 0.917. The summed E-state index contributed by atoms with van der Waals surface area (Å²) >= 11 is 0. The number of esters is 1. The summed E-state index contributed by atoms with van der Waals surface area (Å²) in [5, 5.41) is 0. The lowest BCUT2D eigenvalue weighted by atomic mass is 9.87. The standard InChI is InChI=1S/C11H21NO4/c1-7(2)10(15-6-13)16-9(14)8(12)11(3,4)5/h6-8,10H,12H2,1-5H3/t8-,10+/m1/s1. The number of hydrogen-bond donors (Lipinski definition) is 1. The smallest absolute Gasteiger partial charge is 0.326 e. The van der Waals surface area contributed by atoms with E-state index in [0.29, 0.717) is 0 Å². The predicted molar refractivity (Wildman–Crippen MR) is 59.3 cm³/mol. The van der Waals surface area contributed by atoms with Crippen molar-refractivity contribution in [1.29, 1.82) is 0 Å². The molecule has 0 aliphatic heterocycles. The molecule has 0 bridgehead atoms. The van der Waals surface area contributed by atoms with Crippen LogP contribution in [0.15, 0.2) is 0 Å². The van der Waals surface area contributed by atoms with Crippen LogP contribution in [0.3, 0.4) is 0 Å². The highest BCUT2D eigenvalue weighted by Gasteiger charge is 2.31. The first-order valence-electron chi connectivity index (χ1n) is 5.25. The zero-order valence-corrected chi connectivity index (χ0v) is 10.5. The average Bonchev–Trinajstić information content (AvgIpc) is 2.14. The highest BCUT2D eigenvalue weighted by atomic mass is 16.7. The van der Waals surface area contributed by atoms with Gasteiger partial charge in [0.25, 0.3) is 6.47 Å². The van der Waals surface area contributed by atoms with E-state index < -0.39 is 18.3 Å². The Morgan fingerprint density at radius 3 is 2.12 bits per heavy atom. The fourth-order valence-corrected chi connectivity index (χ4v) is 0.917. The topological polar surface area (TPSA) is 78.6 Å². The van der Waals surface area contributed by atoms with Gasteiger partial charge in [0.1, 0.15) is 6.04 Å². The van der Waals surface area contributed by atoms with Crippen molar-refractivity contribution in [2.45, 2.75) is 47.0 Å². The third kappa shape index (κ3) is 4.61. The van der Waals surface area contributed by atoms with E-state index in [1.165, 1.54) is 0 Å². The maximum Gasteiger partial charge on any atom is 0.326 e. The number of carbonyl (C=O) groups is 2. The summed E-state index contributed by atoms with van der Waals surface area (Å²) in [6.07, 6.45) is -0.876. The molecule has 0 heterocycles. The Kier molecular flexibility index (Phi) is 5.44. The first kappa shape index (κ1) is 14.9. The molecule has 2 N–H and O–H groups in total. The van der Waals surface area contributed by atoms with Gasteiger partial charge in [0.15, 0.2) is 0 Å². The lowest BCUT2D eigenvalue weighted by Crippen LogP contribution is -2.45. The predicted octanol–water partition coefficient (Wildman–Crippen LogP) is 1.06. The number of carbonyl (C=O) groups excluding carboxylic acids is 2. The molecule has 0 aliphatic carbocycles. The SMILES string of the molecule is CC(C)[C@@H](OC=O)OC(=O)[C@@H](N)C(C)(C)C. The summed E-state index contributed by atoms with van der Waals surface area (Å²) < 4.78 is 9.68. The van der Waals surface area contributed by atoms with Crippen LogP contribution in [0.1, 0.15) is 34.6 Å². The number of rotatable bonds is 5. The molecule has 16 heavy (non-hydrogen) atoms. The van der Waals surface area contributed by atoms with Crippen molar-refractivity contribution < 1.29 is 19.1 Å². The van der Waals surface area contributed by atoms with Crippen LogP contribution < -0.4 is 5.73 Å². The van der Waals surface area contributed by atoms with Crippen LogP contribution in [-0.2, 0) is 19.1 Å². The Balaban J connectivity index is 4.46. The van der Waals surface area contributed by atoms with E-state index in [-0.39, 0.29) is 17.8 Å². The minimum Gasteiger partial charge on any atom is -0.427 e. The van der Waals surface area contributed by atoms with Gasteiger partial charge in [0.2, 0.25) is 6.29 Å². The van der Waals surface area contributed by atoms with Gasteiger partial charge in [-0.25, -0.2) is 0 Å². The van der Waals surface area contributed by atoms with E-state index in [0.717, 1.165) is 0 Å². The van der Waals surface area contributed by atoms with Crippen molar-refractivity contribution in [3.63, 3.8) is 0 Å². The van der Waals surface area contributed by atoms with Gasteiger partial charge >= 0.3 is 5.97 Å². The summed E-state index contributed by atoms with van der Waals surface area (Å²) in [4.78, 5) is 21.9. The largest absolute Gasteiger partial charge is 0.427 e. The third-order valence-electron chi connectivity index (χ3n) is 2.15. The van der Waals surface area contributed by atoms with E-state index in [1.54, 1.807) is 13.8 Å². The number of hydrogen-bond acceptors (Lipinski definition) is 5. The molecular formula is C11H21NO4. The first-order valence-corrected chi connectivity index (χ1v) is 5.25. The average molecular weight is 231 g/mol. The van der Waals surface area contributed by atoms with Crippen LogP contribution >= 0.6 is 0 Å². The summed E-state index contributed by atoms with van der Waals surface area (Å²) in [7, 11) is 0. The second-order valence-electron chi connectivity index (χ2n) is 5.13. The Morgan fingerprint density at radius 2 is 1.81 bits per heavy atom. The first-order chi connectivity index (χ1) is 7.20. The molecule has 0 amide bonds. The second kappa shape index (κ2) is 5.84. The van der Waals surface area contributed by atoms with Gasteiger partial charge in [0.05, 0.1) is 0 Å². The lowest BCUT2D eigenvalue weighted by Gasteiger charge is -2.27. The van der Waals surface area contributed by atoms with Gasteiger partial charge in [-0.15, -0.1) is 0 Å². The Bertz CT molecular complexity index is 245. The molecule has 0 unspecified atom stereocenters. The maximum atomic E-state index is 11.6. The van der Waals surface area contributed by atoms with Crippen LogP contribution in [0.2, 0.25) is 0 Å². The van der Waals surface area contributed by atoms with Gasteiger partial charge < -0.3 is 15.2 Å². The van der Waals surface area contributed by atoms with Gasteiger partial charge in [-0.05, 0) is 5.41 Å². The summed E-state index contributed by atoms with van der Waals surface area (Å²) in [6, 6.07) is -0.746. The highest BCUT2D eigenvalue weighted by Crippen LogP contribution is 2.19. The molecule has 0 aromatic heterocycles. The summed E-state index contributed by atoms with van der Waals surface area (Å²) in [5.74, 6) is -0.672. The monoisotopic (exact) mass is 231 g/mol. The molecule has 0 saturated heterocycles. The molecule has 0 aliphatic rings. The van der Waals surface area contributed by atoms with E-state index >= 15 is 0 Å². The highest BCUT2D eigenvalue weighted by molar-refractivity contribution is 5.76. The summed E-state index contributed by atoms with van der Waals surface area (Å²) in [6.45, 7) is 9.34. The van der Waals surface area contributed by atoms with Crippen LogP contribution in [0.5, 0.6) is 0 Å². The van der Waals surface area contributed by atoms with Crippen molar-refractivity contribution in [1.82, 2.24) is 0 Å². The lowest BCUT2D eigenvalue weighted by molar-refractivity contribution is -0.190. The van der Waals surface area contributed by atoms with Crippen molar-refractivity contribution >= 4 is 12.4 Å². The number of ether oxygens (including phenoxy) is 2. The van der Waals surface area contributed by atoms with Crippen LogP contribution in [0.4, 0.5) is 0 Å². The molecule has 0 saturated carbocycles. The fraction of sp³-hybridized carbons (Fsp3) is 0.818. The third-order valence-corrected chi connectivity index (χ3v) is 2.15. The Morgan fingerprint density at radius 1 is 1.31 bits per heavy atom. The molecule has 0 spiro atoms. The molecule has 2 atom stereocenters. The van der Waals surface area contributed by atoms with E-state index in [9.17, 15) is 9.59 Å². The van der Waals surface area contributed by atoms with Crippen molar-refractivity contribution in [2.24, 2.45) is 17.1 Å². The molecule has 0 fully saturated rings. The molecule has 0 aromatic rings. The molecule has 0 rings (SSSR count). The van der Waals surface area contributed by atoms with Gasteiger partial charge in [-0.2, -0.15) is 0 Å². The van der Waals surface area contributed by atoms with Crippen molar-refractivity contribution in [2.75, 3.05) is 0 Å². The molecule has 0 aromatic carbocycles. The van der Waals surface area contributed by atoms with Crippen molar-refractivity contribution in [3.05, 3.63) is 0 Å². The molecular weight excluding hydrogens is 210 g/mol. The minimum atomic E-state index is -0.876. The Labute approximate surface area is 96.3 Å². The van der Waals surface area contributed by atoms with Crippen LogP contribution in [0, 0.1) is 11.3 Å². The molecule has 5 heteroatoms. The molecule has 5 nitrogen and oxygen atoms in total. The minimum absolute atomic E-state index is 0.110. The zero-order valence-electron chi connectivity index (χ0n) is 10.5. The molecule has 0 radical (unpaired) electrons. The summed E-state index contributed by atoms with van der Waals surface area (Å²) in [5.41, 5.74) is 5.33. The van der Waals surface area contributed by atoms with E-state index in [1.807, 2.05) is 20.8 Å². The van der Waals surface area contributed by atoms with Gasteiger partial charge in [0, 0.05) is 5.92 Å². The zero-order chi connectivity index (χ0) is 12.9. The van der Waals surface area contributed by atoms with Crippen LogP contribution in [0.25, 0.3) is 0 Å². The second-order valence-corrected chi connectivity index (χ2v) is 5.13. The normalized spacial score (nSPS) is 15.4. The van der Waals surface area contributed by atoms with Gasteiger partial charge in [-0.1, -0.05) is 34.6 Å². The maximum absolute atomic E-state index is 11.6. The van der Waals surface area contributed by atoms with E-state index in [2.05, 4.69) is 4.74 Å². The quantitative estimate of drug-likeness (QED) is 0.435. The number of nitrogens with two attached hydrogens (primary N) is 1. The van der Waals surface area contributed by atoms with Crippen LogP contribution in [-0.4, -0.2) is 24.8 Å². The van der Waals surface area contributed by atoms with Crippen molar-refractivity contribution in [3.8, 4) is 0 Å². The van der Waals surface area contributed by atoms with Gasteiger partial charge in [-0.3, -0.25) is 9.59 Å². The molecule has 94 valence electrons.